The van der Waals surface area contributed by atoms with E-state index in [1.54, 1.807) is 0 Å². The van der Waals surface area contributed by atoms with Crippen LogP contribution in [-0.2, 0) is 0 Å². The molecule has 1 nitrogen and oxygen atoms in total. The lowest BCUT2D eigenvalue weighted by molar-refractivity contribution is 0.762. The molecule has 0 aromatic heterocycles. The lowest BCUT2D eigenvalue weighted by Crippen LogP contribution is -2.09. The molecular weight excluding hydrogens is 134 g/mol. The monoisotopic (exact) mass is 157 g/mol. The molecule has 0 aromatic rings. The van der Waals surface area contributed by atoms with Gasteiger partial charge in [0.25, 0.3) is 0 Å². The molecule has 0 aliphatic heterocycles. The molecule has 0 rings (SSSR count). The van der Waals surface area contributed by atoms with E-state index in [-0.39, 0.29) is 0 Å². The van der Waals surface area contributed by atoms with Crippen LogP contribution in [0.4, 0.5) is 0 Å². The second-order valence-electron chi connectivity index (χ2n) is 2.39. The maximum Gasteiger partial charge on any atom is -0.00775 e. The first kappa shape index (κ1) is 13.3. The van der Waals surface area contributed by atoms with Gasteiger partial charge >= 0.3 is 0 Å². The second kappa shape index (κ2) is 16.4. The first-order valence-corrected chi connectivity index (χ1v) is 4.64. The van der Waals surface area contributed by atoms with E-state index in [2.05, 4.69) is 32.7 Å². The van der Waals surface area contributed by atoms with E-state index in [1.165, 1.54) is 19.3 Å². The minimum atomic E-state index is 1.09. The summed E-state index contributed by atoms with van der Waals surface area (Å²) in [5, 5.41) is 3.11. The van der Waals surface area contributed by atoms with Gasteiger partial charge in [0.1, 0.15) is 0 Å². The molecule has 0 fully saturated rings. The Labute approximate surface area is 71.9 Å². The number of hydrogen-bond acceptors (Lipinski definition) is 1. The van der Waals surface area contributed by atoms with Gasteiger partial charge in [-0.25, -0.2) is 0 Å². The van der Waals surface area contributed by atoms with E-state index >= 15 is 0 Å². The summed E-state index contributed by atoms with van der Waals surface area (Å²) in [5.41, 5.74) is 0. The highest BCUT2D eigenvalue weighted by atomic mass is 14.8. The summed E-state index contributed by atoms with van der Waals surface area (Å²) >= 11 is 0. The number of unbranched alkanes of at least 4 members (excludes halogenated alkanes) is 2. The van der Waals surface area contributed by atoms with Crippen LogP contribution in [-0.4, -0.2) is 13.1 Å². The van der Waals surface area contributed by atoms with Crippen molar-refractivity contribution in [3.8, 4) is 0 Å². The molecule has 0 aromatic carbocycles. The molecule has 0 heterocycles. The molecule has 0 spiro atoms. The van der Waals surface area contributed by atoms with Gasteiger partial charge in [-0.2, -0.15) is 0 Å². The normalized spacial score (nSPS) is 8.27. The van der Waals surface area contributed by atoms with Crippen LogP contribution in [0.25, 0.3) is 0 Å². The van der Waals surface area contributed by atoms with Crippen LogP contribution in [0.1, 0.15) is 40.0 Å². The first-order valence-electron chi connectivity index (χ1n) is 4.64. The summed E-state index contributed by atoms with van der Waals surface area (Å²) < 4.78 is 0. The van der Waals surface area contributed by atoms with Crippen molar-refractivity contribution in [2.24, 2.45) is 0 Å². The second-order valence-corrected chi connectivity index (χ2v) is 2.39. The van der Waals surface area contributed by atoms with Crippen molar-refractivity contribution in [3.63, 3.8) is 0 Å². The van der Waals surface area contributed by atoms with Gasteiger partial charge in [-0.05, 0) is 19.5 Å². The largest absolute Gasteiger partial charge is 0.317 e. The first-order chi connectivity index (χ1) is 5.33. The number of allylic oxidation sites excluding steroid dienone is 1. The minimum absolute atomic E-state index is 1.09. The lowest BCUT2D eigenvalue weighted by atomic mass is 10.3. The van der Waals surface area contributed by atoms with Crippen LogP contribution in [0.2, 0.25) is 0 Å². The molecule has 0 bridgehead atoms. The van der Waals surface area contributed by atoms with Gasteiger partial charge in [0.2, 0.25) is 0 Å². The van der Waals surface area contributed by atoms with E-state index in [4.69, 9.17) is 0 Å². The molecular formula is C10H23N. The van der Waals surface area contributed by atoms with Crippen LogP contribution in [0.3, 0.4) is 0 Å². The Hall–Kier alpha value is -0.300. The fourth-order valence-electron chi connectivity index (χ4n) is 0.598. The van der Waals surface area contributed by atoms with Gasteiger partial charge in [-0.3, -0.25) is 0 Å². The van der Waals surface area contributed by atoms with E-state index in [1.807, 2.05) is 6.08 Å². The SMILES string of the molecule is C=CCCCC.CCNCC. The zero-order valence-corrected chi connectivity index (χ0v) is 8.32. The Morgan fingerprint density at radius 2 is 1.73 bits per heavy atom. The third-order valence-electron chi connectivity index (χ3n) is 1.26. The van der Waals surface area contributed by atoms with Crippen molar-refractivity contribution < 1.29 is 0 Å². The third-order valence-corrected chi connectivity index (χ3v) is 1.26. The molecule has 0 unspecified atom stereocenters. The number of nitrogens with one attached hydrogen (secondary N) is 1. The fraction of sp³-hybridized carbons (Fsp3) is 0.800. The predicted molar refractivity (Wildman–Crippen MR) is 53.9 cm³/mol. The summed E-state index contributed by atoms with van der Waals surface area (Å²) in [7, 11) is 0. The van der Waals surface area contributed by atoms with Crippen LogP contribution >= 0.6 is 0 Å². The van der Waals surface area contributed by atoms with Gasteiger partial charge in [0.05, 0.1) is 0 Å². The Morgan fingerprint density at radius 1 is 1.18 bits per heavy atom. The average Bonchev–Trinajstić information content (AvgIpc) is 2.04. The zero-order chi connectivity index (χ0) is 8.95. The molecule has 0 saturated heterocycles. The topological polar surface area (TPSA) is 12.0 Å². The molecule has 0 amide bonds. The summed E-state index contributed by atoms with van der Waals surface area (Å²) in [4.78, 5) is 0. The predicted octanol–water partition coefficient (Wildman–Crippen LogP) is 2.98. The highest BCUT2D eigenvalue weighted by molar-refractivity contribution is 4.64. The quantitative estimate of drug-likeness (QED) is 0.478. The number of rotatable bonds is 5. The summed E-state index contributed by atoms with van der Waals surface area (Å²) in [6.07, 6.45) is 5.72. The highest BCUT2D eigenvalue weighted by Crippen LogP contribution is 1.91. The van der Waals surface area contributed by atoms with Gasteiger partial charge in [-0.15, -0.1) is 6.58 Å². The smallest absolute Gasteiger partial charge is 0.00775 e. The van der Waals surface area contributed by atoms with Crippen LogP contribution < -0.4 is 5.32 Å². The maximum atomic E-state index is 3.60. The fourth-order valence-corrected chi connectivity index (χ4v) is 0.598. The van der Waals surface area contributed by atoms with E-state index in [9.17, 15) is 0 Å². The number of hydrogen-bond donors (Lipinski definition) is 1. The summed E-state index contributed by atoms with van der Waals surface area (Å²) in [5.74, 6) is 0. The molecule has 68 valence electrons. The Kier molecular flexibility index (Phi) is 19.8. The van der Waals surface area contributed by atoms with Crippen molar-refractivity contribution in [1.29, 1.82) is 0 Å². The molecule has 0 radical (unpaired) electrons. The van der Waals surface area contributed by atoms with E-state index < -0.39 is 0 Å². The van der Waals surface area contributed by atoms with Crippen molar-refractivity contribution in [3.05, 3.63) is 12.7 Å². The van der Waals surface area contributed by atoms with Gasteiger partial charge < -0.3 is 5.32 Å². The van der Waals surface area contributed by atoms with Crippen molar-refractivity contribution in [1.82, 2.24) is 5.32 Å². The van der Waals surface area contributed by atoms with Gasteiger partial charge in [0.15, 0.2) is 0 Å². The Morgan fingerprint density at radius 3 is 1.82 bits per heavy atom. The molecule has 1 heteroatoms. The van der Waals surface area contributed by atoms with Crippen molar-refractivity contribution in [2.75, 3.05) is 13.1 Å². The van der Waals surface area contributed by atoms with E-state index in [0.717, 1.165) is 13.1 Å². The Balaban J connectivity index is 0. The van der Waals surface area contributed by atoms with Crippen LogP contribution in [0.5, 0.6) is 0 Å². The lowest BCUT2D eigenvalue weighted by Gasteiger charge is -1.86. The van der Waals surface area contributed by atoms with Crippen LogP contribution in [0, 0.1) is 0 Å². The molecule has 0 aliphatic rings. The third kappa shape index (κ3) is 26.0. The van der Waals surface area contributed by atoms with Crippen molar-refractivity contribution >= 4 is 0 Å². The molecule has 0 aliphatic carbocycles. The van der Waals surface area contributed by atoms with Crippen LogP contribution in [0.15, 0.2) is 12.7 Å². The summed E-state index contributed by atoms with van der Waals surface area (Å²) in [6, 6.07) is 0. The minimum Gasteiger partial charge on any atom is -0.317 e. The summed E-state index contributed by atoms with van der Waals surface area (Å²) in [6.45, 7) is 12.2. The average molecular weight is 157 g/mol. The van der Waals surface area contributed by atoms with Gasteiger partial charge in [-0.1, -0.05) is 39.7 Å². The maximum absolute atomic E-state index is 3.60. The molecule has 11 heavy (non-hydrogen) atoms. The Bertz CT molecular complexity index is 57.9. The van der Waals surface area contributed by atoms with Gasteiger partial charge in [0, 0.05) is 0 Å². The molecule has 0 atom stereocenters. The highest BCUT2D eigenvalue weighted by Gasteiger charge is 1.71. The molecule has 1 N–H and O–H groups in total. The zero-order valence-electron chi connectivity index (χ0n) is 8.32. The van der Waals surface area contributed by atoms with Crippen molar-refractivity contribution in [2.45, 2.75) is 40.0 Å². The van der Waals surface area contributed by atoms with E-state index in [0.29, 0.717) is 0 Å². The standard InChI is InChI=1S/C6H12.C4H11N/c1-3-5-6-4-2;1-3-5-4-2/h3H,1,4-6H2,2H3;5H,3-4H2,1-2H3. The molecule has 0 saturated carbocycles.